The van der Waals surface area contributed by atoms with Gasteiger partial charge in [-0.3, -0.25) is 14.6 Å². The lowest BCUT2D eigenvalue weighted by Gasteiger charge is -2.37. The zero-order valence-electron chi connectivity index (χ0n) is 12.5. The fourth-order valence-electron chi connectivity index (χ4n) is 2.33. The number of nitrogens with zero attached hydrogens (tertiary/aromatic N) is 2. The van der Waals surface area contributed by atoms with Gasteiger partial charge in [-0.25, -0.2) is 0 Å². The van der Waals surface area contributed by atoms with Gasteiger partial charge in [-0.15, -0.1) is 6.58 Å². The summed E-state index contributed by atoms with van der Waals surface area (Å²) in [6.07, 6.45) is 6.68. The van der Waals surface area contributed by atoms with Gasteiger partial charge in [0.25, 0.3) is 5.91 Å². The van der Waals surface area contributed by atoms with E-state index in [4.69, 9.17) is 0 Å². The first-order valence-corrected chi connectivity index (χ1v) is 7.11. The van der Waals surface area contributed by atoms with Crippen molar-refractivity contribution in [2.45, 2.75) is 38.3 Å². The van der Waals surface area contributed by atoms with Gasteiger partial charge in [-0.2, -0.15) is 0 Å². The summed E-state index contributed by atoms with van der Waals surface area (Å²) in [6, 6.07) is 3.49. The number of nitrogens with one attached hydrogen (secondary N) is 1. The average Bonchev–Trinajstić information content (AvgIpc) is 3.30. The van der Waals surface area contributed by atoms with Crippen molar-refractivity contribution in [3.05, 3.63) is 42.7 Å². The fourth-order valence-corrected chi connectivity index (χ4v) is 2.33. The third kappa shape index (κ3) is 3.29. The van der Waals surface area contributed by atoms with E-state index in [2.05, 4.69) is 16.9 Å². The lowest BCUT2D eigenvalue weighted by molar-refractivity contribution is -0.130. The molecule has 0 radical (unpaired) electrons. The maximum Gasteiger partial charge on any atom is 0.255 e. The number of rotatable bonds is 6. The summed E-state index contributed by atoms with van der Waals surface area (Å²) in [5.41, 5.74) is -0.341. The van der Waals surface area contributed by atoms with Gasteiger partial charge in [0.2, 0.25) is 5.91 Å². The molecule has 1 heterocycles. The van der Waals surface area contributed by atoms with Crippen molar-refractivity contribution in [2.24, 2.45) is 0 Å². The topological polar surface area (TPSA) is 62.3 Å². The molecule has 1 aromatic rings. The van der Waals surface area contributed by atoms with E-state index in [-0.39, 0.29) is 17.9 Å². The lowest BCUT2D eigenvalue weighted by Crippen LogP contribution is -2.58. The van der Waals surface area contributed by atoms with Crippen LogP contribution in [0.2, 0.25) is 0 Å². The molecule has 2 rings (SSSR count). The van der Waals surface area contributed by atoms with E-state index in [0.717, 1.165) is 12.8 Å². The Hall–Kier alpha value is -2.17. The van der Waals surface area contributed by atoms with Gasteiger partial charge in [0.1, 0.15) is 5.54 Å². The molecular formula is C16H21N3O2. The maximum atomic E-state index is 12.7. The van der Waals surface area contributed by atoms with Crippen molar-refractivity contribution in [2.75, 3.05) is 6.54 Å². The quantitative estimate of drug-likeness (QED) is 0.811. The van der Waals surface area contributed by atoms with Crippen LogP contribution < -0.4 is 5.32 Å². The van der Waals surface area contributed by atoms with Gasteiger partial charge in [0.05, 0.1) is 0 Å². The minimum atomic E-state index is -0.898. The Bertz CT molecular complexity index is 536. The van der Waals surface area contributed by atoms with Crippen LogP contribution in [0.5, 0.6) is 0 Å². The second kappa shape index (κ2) is 6.08. The van der Waals surface area contributed by atoms with Crippen molar-refractivity contribution in [1.29, 1.82) is 0 Å². The van der Waals surface area contributed by atoms with Crippen molar-refractivity contribution in [3.8, 4) is 0 Å². The van der Waals surface area contributed by atoms with Crippen LogP contribution in [0.1, 0.15) is 37.0 Å². The molecule has 2 amide bonds. The van der Waals surface area contributed by atoms with Crippen molar-refractivity contribution in [1.82, 2.24) is 15.2 Å². The van der Waals surface area contributed by atoms with Gasteiger partial charge in [0, 0.05) is 30.5 Å². The molecule has 1 aliphatic carbocycles. The highest BCUT2D eigenvalue weighted by atomic mass is 16.2. The Morgan fingerprint density at radius 1 is 1.43 bits per heavy atom. The molecule has 1 fully saturated rings. The van der Waals surface area contributed by atoms with E-state index in [9.17, 15) is 9.59 Å². The smallest absolute Gasteiger partial charge is 0.255 e. The molecule has 0 bridgehead atoms. The third-order valence-electron chi connectivity index (χ3n) is 3.62. The van der Waals surface area contributed by atoms with Crippen LogP contribution in [0.15, 0.2) is 37.2 Å². The normalized spacial score (nSPS) is 14.4. The van der Waals surface area contributed by atoms with Crippen LogP contribution in [0, 0.1) is 0 Å². The van der Waals surface area contributed by atoms with E-state index in [1.165, 1.54) is 0 Å². The number of hydrogen-bond donors (Lipinski definition) is 1. The summed E-state index contributed by atoms with van der Waals surface area (Å²) in [5.74, 6) is -0.296. The van der Waals surface area contributed by atoms with Crippen LogP contribution in [0.3, 0.4) is 0 Å². The molecule has 1 N–H and O–H groups in total. The minimum Gasteiger partial charge on any atom is -0.351 e. The van der Waals surface area contributed by atoms with Crippen molar-refractivity contribution in [3.63, 3.8) is 0 Å². The third-order valence-corrected chi connectivity index (χ3v) is 3.62. The van der Waals surface area contributed by atoms with Crippen LogP contribution >= 0.6 is 0 Å². The predicted octanol–water partition coefficient (Wildman–Crippen LogP) is 1.77. The lowest BCUT2D eigenvalue weighted by atomic mass is 9.99. The van der Waals surface area contributed by atoms with Crippen LogP contribution in [0.4, 0.5) is 0 Å². The highest BCUT2D eigenvalue weighted by Crippen LogP contribution is 2.34. The van der Waals surface area contributed by atoms with E-state index < -0.39 is 5.54 Å². The second-order valence-corrected chi connectivity index (χ2v) is 5.70. The monoisotopic (exact) mass is 287 g/mol. The minimum absolute atomic E-state index is 0.126. The molecule has 0 unspecified atom stereocenters. The summed E-state index contributed by atoms with van der Waals surface area (Å²) in [6.45, 7) is 7.54. The Morgan fingerprint density at radius 3 is 2.57 bits per heavy atom. The molecule has 5 heteroatoms. The maximum absolute atomic E-state index is 12.7. The number of aromatic nitrogens is 1. The summed E-state index contributed by atoms with van der Waals surface area (Å²) in [4.78, 5) is 30.7. The first-order valence-electron chi connectivity index (χ1n) is 7.11. The summed E-state index contributed by atoms with van der Waals surface area (Å²) in [5, 5.41) is 2.78. The number of hydrogen-bond acceptors (Lipinski definition) is 3. The Morgan fingerprint density at radius 2 is 2.05 bits per heavy atom. The van der Waals surface area contributed by atoms with Gasteiger partial charge in [0.15, 0.2) is 0 Å². The largest absolute Gasteiger partial charge is 0.351 e. The molecule has 21 heavy (non-hydrogen) atoms. The molecule has 112 valence electrons. The van der Waals surface area contributed by atoms with Gasteiger partial charge in [-0.05, 0) is 38.8 Å². The molecule has 0 aliphatic heterocycles. The van der Waals surface area contributed by atoms with E-state index in [1.807, 2.05) is 0 Å². The molecule has 0 saturated heterocycles. The van der Waals surface area contributed by atoms with Gasteiger partial charge < -0.3 is 10.2 Å². The number of pyridine rings is 1. The van der Waals surface area contributed by atoms with Gasteiger partial charge in [-0.1, -0.05) is 6.08 Å². The molecule has 0 aromatic carbocycles. The van der Waals surface area contributed by atoms with Crippen molar-refractivity contribution < 1.29 is 9.59 Å². The standard InChI is InChI=1S/C16H21N3O2/c1-4-9-18-15(21)16(2,3)19(13-5-6-13)14(20)12-7-10-17-11-8-12/h4,7-8,10-11,13H,1,5-6,9H2,2-3H3,(H,18,21). The number of carbonyl (C=O) groups excluding carboxylic acids is 2. The van der Waals surface area contributed by atoms with E-state index >= 15 is 0 Å². The highest BCUT2D eigenvalue weighted by Gasteiger charge is 2.45. The molecular weight excluding hydrogens is 266 g/mol. The summed E-state index contributed by atoms with van der Waals surface area (Å²) >= 11 is 0. The van der Waals surface area contributed by atoms with Crippen molar-refractivity contribution >= 4 is 11.8 Å². The Balaban J connectivity index is 2.24. The number of amides is 2. The second-order valence-electron chi connectivity index (χ2n) is 5.70. The Labute approximate surface area is 125 Å². The summed E-state index contributed by atoms with van der Waals surface area (Å²) < 4.78 is 0. The highest BCUT2D eigenvalue weighted by molar-refractivity contribution is 5.99. The predicted molar refractivity (Wildman–Crippen MR) is 80.7 cm³/mol. The Kier molecular flexibility index (Phi) is 4.40. The fraction of sp³-hybridized carbons (Fsp3) is 0.438. The molecule has 0 atom stereocenters. The molecule has 1 saturated carbocycles. The first kappa shape index (κ1) is 15.2. The molecule has 5 nitrogen and oxygen atoms in total. The molecule has 0 spiro atoms. The van der Waals surface area contributed by atoms with E-state index in [0.29, 0.717) is 12.1 Å². The zero-order valence-corrected chi connectivity index (χ0v) is 12.5. The van der Waals surface area contributed by atoms with Crippen LogP contribution in [-0.2, 0) is 4.79 Å². The van der Waals surface area contributed by atoms with E-state index in [1.54, 1.807) is 49.3 Å². The van der Waals surface area contributed by atoms with Gasteiger partial charge >= 0.3 is 0 Å². The molecule has 1 aromatic heterocycles. The van der Waals surface area contributed by atoms with Crippen LogP contribution in [-0.4, -0.2) is 39.8 Å². The SMILES string of the molecule is C=CCNC(=O)C(C)(C)N(C(=O)c1ccncc1)C1CC1. The average molecular weight is 287 g/mol. The van der Waals surface area contributed by atoms with Crippen LogP contribution in [0.25, 0.3) is 0 Å². The molecule has 1 aliphatic rings. The zero-order chi connectivity index (χ0) is 15.5. The number of carbonyl (C=O) groups is 2. The summed E-state index contributed by atoms with van der Waals surface area (Å²) in [7, 11) is 0. The first-order chi connectivity index (χ1) is 9.98.